The Bertz CT molecular complexity index is 2200. The third kappa shape index (κ3) is 12.8. The second-order valence-electron chi connectivity index (χ2n) is 12.6. The highest BCUT2D eigenvalue weighted by atomic mass is 35.5. The number of ether oxygens (including phenoxy) is 5. The third-order valence-electron chi connectivity index (χ3n) is 8.40. The van der Waals surface area contributed by atoms with E-state index in [9.17, 15) is 20.2 Å². The third-order valence-corrected chi connectivity index (χ3v) is 8.66. The summed E-state index contributed by atoms with van der Waals surface area (Å²) in [5.41, 5.74) is 2.50. The molecule has 0 unspecified atom stereocenters. The van der Waals surface area contributed by atoms with Gasteiger partial charge in [-0.2, -0.15) is 5.26 Å². The monoisotopic (exact) mass is 806 g/mol. The van der Waals surface area contributed by atoms with Crippen LogP contribution in [0, 0.1) is 38.1 Å². The predicted molar refractivity (Wildman–Crippen MR) is 215 cm³/mol. The molecule has 0 saturated heterocycles. The first-order chi connectivity index (χ1) is 28.2. The number of nitrogens with one attached hydrogen (secondary N) is 2. The zero-order chi connectivity index (χ0) is 41.1. The first kappa shape index (κ1) is 42.2. The molecule has 2 aliphatic heterocycles. The molecule has 0 aromatic heterocycles. The van der Waals surface area contributed by atoms with Gasteiger partial charge in [0.05, 0.1) is 15.9 Å². The smallest absolute Gasteiger partial charge is 0.284 e. The summed E-state index contributed by atoms with van der Waals surface area (Å²) in [6.45, 7) is 10.3. The van der Waals surface area contributed by atoms with Crippen molar-refractivity contribution in [3.05, 3.63) is 169 Å². The van der Waals surface area contributed by atoms with Crippen LogP contribution >= 0.6 is 11.6 Å². The maximum Gasteiger partial charge on any atom is 0.284 e. The van der Waals surface area contributed by atoms with Crippen molar-refractivity contribution in [3.63, 3.8) is 0 Å². The molecular weight excluding hydrogens is 768 g/mol. The normalized spacial score (nSPS) is 14.5. The molecule has 0 bridgehead atoms. The van der Waals surface area contributed by atoms with Crippen molar-refractivity contribution in [1.82, 2.24) is 10.6 Å². The summed E-state index contributed by atoms with van der Waals surface area (Å²) in [6.07, 6.45) is -0.444. The Labute approximate surface area is 339 Å². The lowest BCUT2D eigenvalue weighted by Crippen LogP contribution is -2.38. The number of nitro benzene ring substituents is 2. The fourth-order valence-corrected chi connectivity index (χ4v) is 5.76. The van der Waals surface area contributed by atoms with E-state index in [1.807, 2.05) is 66.7 Å². The van der Waals surface area contributed by atoms with E-state index in [2.05, 4.69) is 15.5 Å². The summed E-state index contributed by atoms with van der Waals surface area (Å²) in [6, 6.07) is 36.0. The average Bonchev–Trinajstić information content (AvgIpc) is 3.24. The molecule has 15 nitrogen and oxygen atoms in total. The van der Waals surface area contributed by atoms with E-state index in [-0.39, 0.29) is 42.3 Å². The predicted octanol–water partition coefficient (Wildman–Crippen LogP) is 7.71. The van der Waals surface area contributed by atoms with E-state index in [4.69, 9.17) is 47.1 Å². The summed E-state index contributed by atoms with van der Waals surface area (Å²) in [7, 11) is 0. The van der Waals surface area contributed by atoms with Gasteiger partial charge in [0.1, 0.15) is 37.2 Å². The maximum absolute atomic E-state index is 11.2. The lowest BCUT2D eigenvalue weighted by Gasteiger charge is -2.27. The van der Waals surface area contributed by atoms with Crippen LogP contribution < -0.4 is 34.3 Å². The molecule has 0 saturated carbocycles. The van der Waals surface area contributed by atoms with Gasteiger partial charge in [-0.25, -0.2) is 6.57 Å². The molecule has 298 valence electrons. The van der Waals surface area contributed by atoms with Gasteiger partial charge < -0.3 is 39.2 Å². The zero-order valence-corrected chi connectivity index (χ0v) is 31.9. The Balaban J connectivity index is 0.000000178. The number of benzene rings is 5. The number of non-ortho nitro benzene ring substituents is 1. The van der Waals surface area contributed by atoms with E-state index in [1.165, 1.54) is 29.8 Å². The molecule has 58 heavy (non-hydrogen) atoms. The number of nitro groups is 2. The number of nitrogens with zero attached hydrogens (tertiary/aromatic N) is 4. The minimum absolute atomic E-state index is 0.000227. The Hall–Kier alpha value is -6.91. The first-order valence-electron chi connectivity index (χ1n) is 18.0. The highest BCUT2D eigenvalue weighted by molar-refractivity contribution is 6.30. The van der Waals surface area contributed by atoms with Crippen molar-refractivity contribution in [2.75, 3.05) is 32.9 Å². The highest BCUT2D eigenvalue weighted by Gasteiger charge is 2.30. The Morgan fingerprint density at radius 3 is 1.93 bits per heavy atom. The fourth-order valence-electron chi connectivity index (χ4n) is 5.64. The van der Waals surface area contributed by atoms with Gasteiger partial charge in [0, 0.05) is 43.3 Å². The fraction of sp³-hybridized carbons (Fsp3) is 0.238. The Morgan fingerprint density at radius 1 is 0.776 bits per heavy atom. The quantitative estimate of drug-likeness (QED) is 0.0672. The van der Waals surface area contributed by atoms with Crippen LogP contribution in [0.1, 0.15) is 16.7 Å². The second-order valence-corrected chi connectivity index (χ2v) is 13.0. The van der Waals surface area contributed by atoms with Gasteiger partial charge in [0.15, 0.2) is 35.2 Å². The van der Waals surface area contributed by atoms with E-state index >= 15 is 0 Å². The van der Waals surface area contributed by atoms with Crippen molar-refractivity contribution >= 4 is 23.0 Å². The molecular formula is C42H39ClN6O9. The van der Waals surface area contributed by atoms with Gasteiger partial charge in [0.2, 0.25) is 6.54 Å². The maximum atomic E-state index is 11.2. The molecule has 2 heterocycles. The molecule has 5 aromatic carbocycles. The number of rotatable bonds is 13. The first-order valence-corrected chi connectivity index (χ1v) is 18.4. The van der Waals surface area contributed by atoms with Crippen LogP contribution in [0.15, 0.2) is 115 Å². The molecule has 5 aromatic rings. The number of nitriles is 1. The summed E-state index contributed by atoms with van der Waals surface area (Å²) in [5.74, 6) is 2.39. The van der Waals surface area contributed by atoms with E-state index in [0.717, 1.165) is 12.1 Å². The second kappa shape index (κ2) is 22.0. The van der Waals surface area contributed by atoms with Gasteiger partial charge in [-0.1, -0.05) is 72.3 Å². The van der Waals surface area contributed by atoms with E-state index in [1.54, 1.807) is 30.3 Å². The summed E-state index contributed by atoms with van der Waals surface area (Å²) < 4.78 is 27.9. The molecule has 16 heteroatoms. The van der Waals surface area contributed by atoms with Gasteiger partial charge in [-0.3, -0.25) is 20.2 Å². The van der Waals surface area contributed by atoms with Crippen LogP contribution in [0.2, 0.25) is 5.02 Å². The van der Waals surface area contributed by atoms with Gasteiger partial charge >= 0.3 is 0 Å². The van der Waals surface area contributed by atoms with Crippen LogP contribution in [-0.4, -0.2) is 55.0 Å². The van der Waals surface area contributed by atoms with Gasteiger partial charge in [0.25, 0.3) is 11.4 Å². The zero-order valence-electron chi connectivity index (χ0n) is 31.1. The molecule has 0 amide bonds. The minimum Gasteiger partial charge on any atom is -0.486 e. The van der Waals surface area contributed by atoms with E-state index < -0.39 is 9.85 Å². The number of halogens is 1. The van der Waals surface area contributed by atoms with E-state index in [0.29, 0.717) is 66.6 Å². The summed E-state index contributed by atoms with van der Waals surface area (Å²) in [5, 5.41) is 37.4. The van der Waals surface area contributed by atoms with Crippen molar-refractivity contribution in [2.45, 2.75) is 31.8 Å². The minimum atomic E-state index is -0.499. The largest absolute Gasteiger partial charge is 0.486 e. The van der Waals surface area contributed by atoms with Crippen molar-refractivity contribution in [3.8, 4) is 34.8 Å². The van der Waals surface area contributed by atoms with Crippen LogP contribution in [0.4, 0.5) is 11.4 Å². The SMILES string of the molecule is N#CCOc1ccc(Cl)cc1.O=[N+]([O-])c1ccc2c(c1)O[C@@H](CNCc1ccccc1)CO2.[C-]#[N+]Cc1c([N+](=O)[O-])ccc2c1O[C@@H](CNCc1ccccc1)CO2. The lowest BCUT2D eigenvalue weighted by atomic mass is 10.1. The number of fused-ring (bicyclic) bond motifs is 2. The van der Waals surface area contributed by atoms with Crippen LogP contribution in [0.25, 0.3) is 4.85 Å². The Kier molecular flexibility index (Phi) is 16.0. The molecule has 2 aliphatic rings. The molecule has 2 N–H and O–H groups in total. The van der Waals surface area contributed by atoms with Crippen LogP contribution in [0.5, 0.6) is 28.7 Å². The molecule has 0 aliphatic carbocycles. The van der Waals surface area contributed by atoms with Crippen molar-refractivity contribution in [1.29, 1.82) is 5.26 Å². The highest BCUT2D eigenvalue weighted by Crippen LogP contribution is 2.41. The van der Waals surface area contributed by atoms with Gasteiger partial charge in [-0.15, -0.1) is 0 Å². The standard InChI is InChI=1S/C18H17N3O4.C16H16N2O4.C8H6ClNO/c1-19-11-15-16(21(22)23)7-8-17-18(15)25-14(12-24-17)10-20-9-13-5-3-2-4-6-13;19-18(20)13-6-7-15-16(8-13)22-14(11-21-15)10-17-9-12-4-2-1-3-5-12;9-7-1-3-8(4-2-7)11-6-5-10/h2-8,14,20H,9-12H2;1-8,14,17H,9-11H2;1-4H,6H2/t2*14-;/m00./s1. The molecule has 0 fully saturated rings. The topological polar surface area (TPSA) is 185 Å². The number of hydrogen-bond donors (Lipinski definition) is 2. The summed E-state index contributed by atoms with van der Waals surface area (Å²) >= 11 is 5.63. The summed E-state index contributed by atoms with van der Waals surface area (Å²) in [4.78, 5) is 24.3. The molecule has 0 radical (unpaired) electrons. The van der Waals surface area contributed by atoms with Crippen LogP contribution in [-0.2, 0) is 19.6 Å². The van der Waals surface area contributed by atoms with Gasteiger partial charge in [-0.05, 0) is 47.5 Å². The molecule has 7 rings (SSSR count). The number of hydrogen-bond acceptors (Lipinski definition) is 12. The lowest BCUT2D eigenvalue weighted by molar-refractivity contribution is -0.385. The average molecular weight is 807 g/mol. The van der Waals surface area contributed by atoms with Crippen molar-refractivity contribution < 1.29 is 33.5 Å². The van der Waals surface area contributed by atoms with Crippen molar-refractivity contribution in [2.24, 2.45) is 0 Å². The molecule has 0 spiro atoms. The molecule has 2 atom stereocenters. The van der Waals surface area contributed by atoms with Crippen LogP contribution in [0.3, 0.4) is 0 Å². The Morgan fingerprint density at radius 2 is 1.36 bits per heavy atom.